The lowest BCUT2D eigenvalue weighted by Gasteiger charge is -2.19. The summed E-state index contributed by atoms with van der Waals surface area (Å²) < 4.78 is 0. The van der Waals surface area contributed by atoms with Gasteiger partial charge < -0.3 is 15.3 Å². The van der Waals surface area contributed by atoms with Crippen LogP contribution in [0.3, 0.4) is 0 Å². The molecule has 3 heteroatoms. The highest BCUT2D eigenvalue weighted by Crippen LogP contribution is 2.10. The van der Waals surface area contributed by atoms with E-state index < -0.39 is 18.3 Å². The minimum Gasteiger partial charge on any atom is -0.390 e. The molecule has 0 saturated carbocycles. The van der Waals surface area contributed by atoms with E-state index in [2.05, 4.69) is 6.58 Å². The van der Waals surface area contributed by atoms with Crippen molar-refractivity contribution in [2.24, 2.45) is 0 Å². The number of aliphatic hydroxyl groups excluding tert-OH is 3. The molecule has 0 fully saturated rings. The second-order valence-electron chi connectivity index (χ2n) is 3.86. The maximum absolute atomic E-state index is 9.72. The largest absolute Gasteiger partial charge is 0.390 e. The van der Waals surface area contributed by atoms with Crippen LogP contribution in [0, 0.1) is 0 Å². The molecule has 0 aliphatic heterocycles. The van der Waals surface area contributed by atoms with E-state index in [1.807, 2.05) is 30.3 Å². The third kappa shape index (κ3) is 4.14. The third-order valence-electron chi connectivity index (χ3n) is 2.49. The Bertz CT molecular complexity index is 310. The topological polar surface area (TPSA) is 60.7 Å². The summed E-state index contributed by atoms with van der Waals surface area (Å²) in [5.74, 6) is 0. The van der Waals surface area contributed by atoms with Crippen LogP contribution >= 0.6 is 0 Å². The van der Waals surface area contributed by atoms with Crippen molar-refractivity contribution >= 4 is 0 Å². The van der Waals surface area contributed by atoms with Gasteiger partial charge in [-0.1, -0.05) is 36.4 Å². The highest BCUT2D eigenvalue weighted by Gasteiger charge is 2.18. The summed E-state index contributed by atoms with van der Waals surface area (Å²) in [6.07, 6.45) is -0.743. The van der Waals surface area contributed by atoms with Gasteiger partial charge in [0.05, 0.1) is 18.3 Å². The van der Waals surface area contributed by atoms with Gasteiger partial charge in [-0.15, -0.1) is 6.58 Å². The summed E-state index contributed by atoms with van der Waals surface area (Å²) in [4.78, 5) is 0. The molecule has 0 bridgehead atoms. The van der Waals surface area contributed by atoms with Gasteiger partial charge in [0, 0.05) is 12.8 Å². The summed E-state index contributed by atoms with van der Waals surface area (Å²) in [7, 11) is 0. The van der Waals surface area contributed by atoms with Crippen LogP contribution < -0.4 is 0 Å². The van der Waals surface area contributed by atoms with E-state index in [-0.39, 0.29) is 6.42 Å². The fourth-order valence-corrected chi connectivity index (χ4v) is 1.49. The van der Waals surface area contributed by atoms with Crippen molar-refractivity contribution in [1.29, 1.82) is 0 Å². The number of benzene rings is 1. The molecule has 1 aromatic carbocycles. The van der Waals surface area contributed by atoms with Crippen molar-refractivity contribution in [1.82, 2.24) is 0 Å². The van der Waals surface area contributed by atoms with Crippen LogP contribution in [0.25, 0.3) is 0 Å². The fraction of sp³-hybridized carbons (Fsp3) is 0.385. The van der Waals surface area contributed by atoms with E-state index in [0.29, 0.717) is 6.42 Å². The zero-order valence-corrected chi connectivity index (χ0v) is 9.16. The van der Waals surface area contributed by atoms with Crippen molar-refractivity contribution in [2.75, 3.05) is 0 Å². The highest BCUT2D eigenvalue weighted by molar-refractivity contribution is 5.15. The van der Waals surface area contributed by atoms with Crippen LogP contribution in [-0.2, 0) is 6.42 Å². The molecule has 0 unspecified atom stereocenters. The number of rotatable bonds is 6. The smallest absolute Gasteiger partial charge is 0.0840 e. The Balaban J connectivity index is 2.45. The lowest BCUT2D eigenvalue weighted by Crippen LogP contribution is -2.31. The molecule has 88 valence electrons. The molecule has 0 aliphatic carbocycles. The Morgan fingerprint density at radius 3 is 2.25 bits per heavy atom. The van der Waals surface area contributed by atoms with Gasteiger partial charge in [-0.05, 0) is 5.56 Å². The normalized spacial score (nSPS) is 16.4. The van der Waals surface area contributed by atoms with E-state index in [1.54, 1.807) is 0 Å². The van der Waals surface area contributed by atoms with Crippen molar-refractivity contribution < 1.29 is 15.3 Å². The SMILES string of the molecule is C=C[C@H](O)C[C@@H](O)[C@H](O)Cc1ccccc1. The van der Waals surface area contributed by atoms with Gasteiger partial charge in [0.1, 0.15) is 0 Å². The zero-order chi connectivity index (χ0) is 12.0. The fourth-order valence-electron chi connectivity index (χ4n) is 1.49. The first-order chi connectivity index (χ1) is 7.63. The Labute approximate surface area is 95.7 Å². The lowest BCUT2D eigenvalue weighted by atomic mass is 10.00. The highest BCUT2D eigenvalue weighted by atomic mass is 16.3. The predicted octanol–water partition coefficient (Wildman–Crippen LogP) is 0.888. The van der Waals surface area contributed by atoms with E-state index in [0.717, 1.165) is 5.56 Å². The van der Waals surface area contributed by atoms with E-state index in [1.165, 1.54) is 6.08 Å². The second-order valence-corrected chi connectivity index (χ2v) is 3.86. The average Bonchev–Trinajstić information content (AvgIpc) is 2.30. The predicted molar refractivity (Wildman–Crippen MR) is 63.0 cm³/mol. The minimum absolute atomic E-state index is 0.109. The van der Waals surface area contributed by atoms with Gasteiger partial charge in [0.2, 0.25) is 0 Å². The number of hydrogen-bond acceptors (Lipinski definition) is 3. The first-order valence-electron chi connectivity index (χ1n) is 5.34. The summed E-state index contributed by atoms with van der Waals surface area (Å²) in [6.45, 7) is 3.41. The summed E-state index contributed by atoms with van der Waals surface area (Å²) in [5, 5.41) is 28.6. The van der Waals surface area contributed by atoms with Gasteiger partial charge in [0.15, 0.2) is 0 Å². The van der Waals surface area contributed by atoms with Crippen molar-refractivity contribution in [3.8, 4) is 0 Å². The van der Waals surface area contributed by atoms with Crippen LogP contribution in [0.2, 0.25) is 0 Å². The molecule has 16 heavy (non-hydrogen) atoms. The van der Waals surface area contributed by atoms with Gasteiger partial charge >= 0.3 is 0 Å². The van der Waals surface area contributed by atoms with Crippen molar-refractivity contribution in [3.63, 3.8) is 0 Å². The molecule has 0 spiro atoms. The molecule has 3 N–H and O–H groups in total. The average molecular weight is 222 g/mol. The van der Waals surface area contributed by atoms with E-state index in [4.69, 9.17) is 0 Å². The Kier molecular flexibility index (Phi) is 5.19. The molecular weight excluding hydrogens is 204 g/mol. The first kappa shape index (κ1) is 12.9. The molecule has 0 amide bonds. The Morgan fingerprint density at radius 2 is 1.69 bits per heavy atom. The molecule has 0 heterocycles. The Morgan fingerprint density at radius 1 is 1.06 bits per heavy atom. The monoisotopic (exact) mass is 222 g/mol. The van der Waals surface area contributed by atoms with E-state index in [9.17, 15) is 15.3 Å². The van der Waals surface area contributed by atoms with Gasteiger partial charge in [0.25, 0.3) is 0 Å². The van der Waals surface area contributed by atoms with Gasteiger partial charge in [-0.2, -0.15) is 0 Å². The van der Waals surface area contributed by atoms with E-state index >= 15 is 0 Å². The molecule has 3 atom stereocenters. The molecule has 0 radical (unpaired) electrons. The molecule has 1 aromatic rings. The minimum atomic E-state index is -0.937. The standard InChI is InChI=1S/C13H18O3/c1-2-11(14)9-13(16)12(15)8-10-6-4-3-5-7-10/h2-7,11-16H,1,8-9H2/t11-,12+,13+/m0/s1. The van der Waals surface area contributed by atoms with Crippen LogP contribution in [0.15, 0.2) is 43.0 Å². The zero-order valence-electron chi connectivity index (χ0n) is 9.16. The van der Waals surface area contributed by atoms with Crippen LogP contribution in [0.5, 0.6) is 0 Å². The maximum atomic E-state index is 9.72. The lowest BCUT2D eigenvalue weighted by molar-refractivity contribution is -0.00352. The molecule has 3 nitrogen and oxygen atoms in total. The van der Waals surface area contributed by atoms with Crippen molar-refractivity contribution in [3.05, 3.63) is 48.6 Å². The van der Waals surface area contributed by atoms with Gasteiger partial charge in [-0.25, -0.2) is 0 Å². The Hall–Kier alpha value is -1.16. The third-order valence-corrected chi connectivity index (χ3v) is 2.49. The first-order valence-corrected chi connectivity index (χ1v) is 5.34. The van der Waals surface area contributed by atoms with Crippen molar-refractivity contribution in [2.45, 2.75) is 31.2 Å². The van der Waals surface area contributed by atoms with Crippen LogP contribution in [0.1, 0.15) is 12.0 Å². The molecule has 0 aromatic heterocycles. The summed E-state index contributed by atoms with van der Waals surface area (Å²) >= 11 is 0. The summed E-state index contributed by atoms with van der Waals surface area (Å²) in [5.41, 5.74) is 0.960. The van der Waals surface area contributed by atoms with Crippen LogP contribution in [-0.4, -0.2) is 33.6 Å². The van der Waals surface area contributed by atoms with Gasteiger partial charge in [-0.3, -0.25) is 0 Å². The molecule has 0 aliphatic rings. The second kappa shape index (κ2) is 6.43. The maximum Gasteiger partial charge on any atom is 0.0840 e. The van der Waals surface area contributed by atoms with Crippen LogP contribution in [0.4, 0.5) is 0 Å². The molecule has 0 saturated heterocycles. The quantitative estimate of drug-likeness (QED) is 0.626. The number of hydrogen-bond donors (Lipinski definition) is 3. The molecular formula is C13H18O3. The molecule has 1 rings (SSSR count). The summed E-state index contributed by atoms with van der Waals surface area (Å²) in [6, 6.07) is 9.44. The number of aliphatic hydroxyl groups is 3.